The first kappa shape index (κ1) is 34.4. The molecule has 2 aliphatic rings. The van der Waals surface area contributed by atoms with Gasteiger partial charge in [-0.25, -0.2) is 0 Å². The molecule has 1 aromatic heterocycles. The second-order valence-electron chi connectivity index (χ2n) is 16.4. The van der Waals surface area contributed by atoms with Crippen LogP contribution in [0.25, 0.3) is 75.5 Å². The van der Waals surface area contributed by atoms with Gasteiger partial charge < -0.3 is 4.90 Å². The van der Waals surface area contributed by atoms with Gasteiger partial charge in [-0.3, -0.25) is 0 Å². The van der Waals surface area contributed by atoms with Crippen molar-refractivity contribution in [2.24, 2.45) is 0 Å². The lowest BCUT2D eigenvalue weighted by molar-refractivity contribution is 0.793. The number of hydrogen-bond donors (Lipinski definition) is 0. The summed E-state index contributed by atoms with van der Waals surface area (Å²) in [7, 11) is 0. The molecule has 0 aliphatic heterocycles. The molecule has 0 bridgehead atoms. The fourth-order valence-electron chi connectivity index (χ4n) is 10.7. The summed E-state index contributed by atoms with van der Waals surface area (Å²) in [5, 5.41) is 5.09. The maximum absolute atomic E-state index is 2.50. The standard InChI is InChI=1S/C59H37NS/c1-2-19-43-38(15-1)16-14-25-44(43)49-23-6-11-29-56(49)60(41-18-13-17-39(35-41)40-31-34-58-51(36-40)50-24-7-12-30-57(50)61-58)42-32-33-48-47-22-5-10-28-54(47)59(55(48)37-42)52-26-8-3-20-45(52)46-21-4-9-27-53(46)59/h1-37H. The van der Waals surface area contributed by atoms with E-state index in [9.17, 15) is 0 Å². The highest BCUT2D eigenvalue weighted by Gasteiger charge is 2.51. The van der Waals surface area contributed by atoms with Crippen LogP contribution in [0.4, 0.5) is 17.1 Å². The van der Waals surface area contributed by atoms with Crippen molar-refractivity contribution in [1.82, 2.24) is 0 Å². The van der Waals surface area contributed by atoms with Crippen LogP contribution in [0.15, 0.2) is 224 Å². The van der Waals surface area contributed by atoms with Crippen molar-refractivity contribution in [3.63, 3.8) is 0 Å². The molecule has 0 atom stereocenters. The fourth-order valence-corrected chi connectivity index (χ4v) is 11.8. The van der Waals surface area contributed by atoms with Crippen LogP contribution in [0.1, 0.15) is 22.3 Å². The third-order valence-electron chi connectivity index (χ3n) is 13.3. The lowest BCUT2D eigenvalue weighted by Gasteiger charge is -2.33. The van der Waals surface area contributed by atoms with Crippen molar-refractivity contribution in [1.29, 1.82) is 0 Å². The van der Waals surface area contributed by atoms with E-state index >= 15 is 0 Å². The number of anilines is 3. The number of benzene rings is 10. The Morgan fingerprint density at radius 1 is 0.311 bits per heavy atom. The molecular formula is C59H37NS. The summed E-state index contributed by atoms with van der Waals surface area (Å²) in [6, 6.07) is 83.7. The summed E-state index contributed by atoms with van der Waals surface area (Å²) >= 11 is 1.86. The van der Waals surface area contributed by atoms with Crippen LogP contribution in [0.3, 0.4) is 0 Å². The largest absolute Gasteiger partial charge is 0.310 e. The number of para-hydroxylation sites is 1. The quantitative estimate of drug-likeness (QED) is 0.168. The number of rotatable bonds is 5. The van der Waals surface area contributed by atoms with E-state index in [-0.39, 0.29) is 0 Å². The van der Waals surface area contributed by atoms with Crippen molar-refractivity contribution in [2.45, 2.75) is 5.41 Å². The summed E-state index contributed by atoms with van der Waals surface area (Å²) in [5.74, 6) is 0. The first-order valence-electron chi connectivity index (χ1n) is 21.1. The molecule has 0 fully saturated rings. The molecule has 1 spiro atoms. The van der Waals surface area contributed by atoms with Crippen LogP contribution >= 0.6 is 11.3 Å². The van der Waals surface area contributed by atoms with Gasteiger partial charge in [-0.1, -0.05) is 176 Å². The van der Waals surface area contributed by atoms with E-state index in [1.165, 1.54) is 97.7 Å². The molecule has 2 aliphatic carbocycles. The minimum absolute atomic E-state index is 0.448. The lowest BCUT2D eigenvalue weighted by Crippen LogP contribution is -2.26. The maximum Gasteiger partial charge on any atom is 0.0726 e. The minimum Gasteiger partial charge on any atom is -0.310 e. The Morgan fingerprint density at radius 2 is 0.852 bits per heavy atom. The molecule has 0 saturated heterocycles. The Kier molecular flexibility index (Phi) is 7.46. The van der Waals surface area contributed by atoms with Crippen LogP contribution < -0.4 is 4.90 Å². The molecule has 0 N–H and O–H groups in total. The zero-order valence-electron chi connectivity index (χ0n) is 33.2. The van der Waals surface area contributed by atoms with Crippen molar-refractivity contribution < 1.29 is 0 Å². The van der Waals surface area contributed by atoms with Gasteiger partial charge in [-0.2, -0.15) is 0 Å². The average Bonchev–Trinajstić information content (AvgIpc) is 3.95. The molecule has 1 nitrogen and oxygen atoms in total. The number of nitrogens with zero attached hydrogens (tertiary/aromatic N) is 1. The highest BCUT2D eigenvalue weighted by atomic mass is 32.1. The zero-order valence-corrected chi connectivity index (χ0v) is 34.0. The van der Waals surface area contributed by atoms with E-state index in [1.807, 2.05) is 11.3 Å². The molecule has 1 heterocycles. The Balaban J connectivity index is 1.07. The highest BCUT2D eigenvalue weighted by Crippen LogP contribution is 2.63. The van der Waals surface area contributed by atoms with E-state index in [1.54, 1.807) is 0 Å². The molecule has 0 unspecified atom stereocenters. The van der Waals surface area contributed by atoms with Crippen LogP contribution in [-0.4, -0.2) is 0 Å². The van der Waals surface area contributed by atoms with E-state index in [2.05, 4.69) is 229 Å². The second kappa shape index (κ2) is 13.2. The van der Waals surface area contributed by atoms with Crippen molar-refractivity contribution in [2.75, 3.05) is 4.90 Å². The monoisotopic (exact) mass is 791 g/mol. The molecule has 10 aromatic carbocycles. The molecule has 0 radical (unpaired) electrons. The van der Waals surface area contributed by atoms with Gasteiger partial charge >= 0.3 is 0 Å². The van der Waals surface area contributed by atoms with Crippen molar-refractivity contribution in [3.8, 4) is 44.5 Å². The van der Waals surface area contributed by atoms with E-state index in [0.29, 0.717) is 0 Å². The summed E-state index contributed by atoms with van der Waals surface area (Å²) in [4.78, 5) is 2.50. The van der Waals surface area contributed by atoms with Crippen molar-refractivity contribution in [3.05, 3.63) is 247 Å². The van der Waals surface area contributed by atoms with Gasteiger partial charge in [0.05, 0.1) is 11.1 Å². The molecule has 11 aromatic rings. The molecule has 284 valence electrons. The Bertz CT molecular complexity index is 3500. The van der Waals surface area contributed by atoms with Crippen LogP contribution in [-0.2, 0) is 5.41 Å². The highest BCUT2D eigenvalue weighted by molar-refractivity contribution is 7.25. The first-order valence-corrected chi connectivity index (χ1v) is 21.9. The predicted molar refractivity (Wildman–Crippen MR) is 259 cm³/mol. The van der Waals surface area contributed by atoms with E-state index in [0.717, 1.165) is 17.1 Å². The molecule has 0 saturated carbocycles. The van der Waals surface area contributed by atoms with Gasteiger partial charge in [0, 0.05) is 37.1 Å². The summed E-state index contributed by atoms with van der Waals surface area (Å²) in [6.45, 7) is 0. The molecule has 13 rings (SSSR count). The SMILES string of the molecule is c1cc(-c2ccc3sc4ccccc4c3c2)cc(N(c2ccc3c(c2)C2(c4ccccc4-c4ccccc42)c2ccccc2-3)c2ccccc2-c2cccc3ccccc23)c1. The molecule has 0 amide bonds. The van der Waals surface area contributed by atoms with Gasteiger partial charge in [0.25, 0.3) is 0 Å². The summed E-state index contributed by atoms with van der Waals surface area (Å²) < 4.78 is 2.64. The van der Waals surface area contributed by atoms with E-state index < -0.39 is 5.41 Å². The average molecular weight is 792 g/mol. The van der Waals surface area contributed by atoms with E-state index in [4.69, 9.17) is 0 Å². The lowest BCUT2D eigenvalue weighted by atomic mass is 9.70. The van der Waals surface area contributed by atoms with Crippen LogP contribution in [0.5, 0.6) is 0 Å². The van der Waals surface area contributed by atoms with Crippen LogP contribution in [0.2, 0.25) is 0 Å². The molecule has 2 heteroatoms. The Labute approximate surface area is 359 Å². The molecular weight excluding hydrogens is 755 g/mol. The number of thiophene rings is 1. The number of fused-ring (bicyclic) bond motifs is 14. The third kappa shape index (κ3) is 4.94. The van der Waals surface area contributed by atoms with Crippen LogP contribution in [0, 0.1) is 0 Å². The Morgan fingerprint density at radius 3 is 1.62 bits per heavy atom. The fraction of sp³-hybridized carbons (Fsp3) is 0.0169. The minimum atomic E-state index is -0.448. The smallest absolute Gasteiger partial charge is 0.0726 e. The van der Waals surface area contributed by atoms with Gasteiger partial charge in [-0.15, -0.1) is 11.3 Å². The predicted octanol–water partition coefficient (Wildman–Crippen LogP) is 16.4. The Hall–Kier alpha value is -7.52. The summed E-state index contributed by atoms with van der Waals surface area (Å²) in [6.07, 6.45) is 0. The summed E-state index contributed by atoms with van der Waals surface area (Å²) in [5.41, 5.74) is 18.3. The second-order valence-corrected chi connectivity index (χ2v) is 17.4. The third-order valence-corrected chi connectivity index (χ3v) is 14.4. The van der Waals surface area contributed by atoms with Gasteiger partial charge in [0.15, 0.2) is 0 Å². The maximum atomic E-state index is 2.50. The van der Waals surface area contributed by atoms with Crippen molar-refractivity contribution >= 4 is 59.3 Å². The number of hydrogen-bond acceptors (Lipinski definition) is 2. The topological polar surface area (TPSA) is 3.24 Å². The van der Waals surface area contributed by atoms with Gasteiger partial charge in [0.2, 0.25) is 0 Å². The van der Waals surface area contributed by atoms with Gasteiger partial charge in [-0.05, 0) is 121 Å². The first-order chi connectivity index (χ1) is 30.3. The molecule has 61 heavy (non-hydrogen) atoms. The van der Waals surface area contributed by atoms with Gasteiger partial charge in [0.1, 0.15) is 0 Å². The zero-order chi connectivity index (χ0) is 40.1. The normalized spacial score (nSPS) is 13.0.